The highest BCUT2D eigenvalue weighted by Crippen LogP contribution is 2.46. The van der Waals surface area contributed by atoms with Crippen molar-refractivity contribution in [3.8, 4) is 0 Å². The maximum absolute atomic E-state index is 12.7. The normalized spacial score (nSPS) is 27.6. The predicted octanol–water partition coefficient (Wildman–Crippen LogP) is 4.58. The van der Waals surface area contributed by atoms with Crippen molar-refractivity contribution < 1.29 is 23.7 Å². The van der Waals surface area contributed by atoms with Crippen LogP contribution in [0.25, 0.3) is 11.0 Å². The number of anilines is 3. The van der Waals surface area contributed by atoms with Crippen LogP contribution in [0.2, 0.25) is 0 Å². The minimum atomic E-state index is -0.647. The molecule has 5 saturated heterocycles. The summed E-state index contributed by atoms with van der Waals surface area (Å²) in [4.78, 5) is 67.6. The van der Waals surface area contributed by atoms with Gasteiger partial charge in [0.2, 0.25) is 11.8 Å². The van der Waals surface area contributed by atoms with E-state index < -0.39 is 11.8 Å². The molecule has 0 spiro atoms. The van der Waals surface area contributed by atoms with E-state index in [1.54, 1.807) is 11.1 Å². The van der Waals surface area contributed by atoms with E-state index in [-0.39, 0.29) is 29.6 Å². The number of nitrogens with zero attached hydrogens (tertiary/aromatic N) is 7. The van der Waals surface area contributed by atoms with E-state index in [0.717, 1.165) is 74.8 Å². The zero-order valence-electron chi connectivity index (χ0n) is 32.9. The molecule has 2 bridgehead atoms. The molecule has 58 heavy (non-hydrogen) atoms. The second-order valence-corrected chi connectivity index (χ2v) is 17.2. The van der Waals surface area contributed by atoms with Crippen LogP contribution in [0.4, 0.5) is 22.1 Å². The van der Waals surface area contributed by atoms with Crippen molar-refractivity contribution in [3.05, 3.63) is 70.7 Å². The highest BCUT2D eigenvalue weighted by molar-refractivity contribution is 6.02. The summed E-state index contributed by atoms with van der Waals surface area (Å²) in [7, 11) is 1.84. The van der Waals surface area contributed by atoms with Crippen LogP contribution in [0.5, 0.6) is 0 Å². The molecule has 5 aliphatic heterocycles. The van der Waals surface area contributed by atoms with Crippen molar-refractivity contribution in [1.82, 2.24) is 35.1 Å². The van der Waals surface area contributed by atoms with Crippen LogP contribution in [-0.4, -0.2) is 111 Å². The van der Waals surface area contributed by atoms with E-state index in [1.165, 1.54) is 36.0 Å². The average Bonchev–Trinajstić information content (AvgIpc) is 3.94. The number of fused-ring (bicyclic) bond motifs is 5. The lowest BCUT2D eigenvalue weighted by atomic mass is 9.74. The molecule has 1 aliphatic carbocycles. The molecule has 15 nitrogen and oxygen atoms in total. The van der Waals surface area contributed by atoms with Gasteiger partial charge in [0.15, 0.2) is 17.1 Å². The van der Waals surface area contributed by atoms with Crippen LogP contribution in [-0.2, 0) is 22.4 Å². The van der Waals surface area contributed by atoms with Crippen molar-refractivity contribution in [2.75, 3.05) is 43.4 Å². The molecule has 10 rings (SSSR count). The molecule has 5 atom stereocenters. The minimum Gasteiger partial charge on any atom is -0.364 e. The number of primary amides is 1. The molecule has 302 valence electrons. The summed E-state index contributed by atoms with van der Waals surface area (Å²) in [6.45, 7) is 2.91. The standard InChI is InChI=1S/C43H50N10O5/c1-50-16-17-52(43(50)57)30-6-3-15-51(23-30)35-22-45-38(40(44)55)41(47-35)46-27-10-7-24(8-11-27)26-19-28-4-2-5-29(20-26)53(28)31-18-25-9-12-32-37(49-58-39(32)34(25)21-31)33-13-14-36(54)48-42(33)56/h7-12,22,26,28-31,33H,2-6,13-21,23H2,1H3,(H2,44,55)(H,46,47)(H,48,54,56)/t26?,28?,29?,30-,31?,33?/m1/s1. The highest BCUT2D eigenvalue weighted by Gasteiger charge is 2.44. The number of urea groups is 1. The molecule has 6 aliphatic rings. The van der Waals surface area contributed by atoms with Gasteiger partial charge in [-0.2, -0.15) is 0 Å². The zero-order chi connectivity index (χ0) is 39.7. The summed E-state index contributed by atoms with van der Waals surface area (Å²) < 4.78 is 5.97. The maximum Gasteiger partial charge on any atom is 0.320 e. The second kappa shape index (κ2) is 14.7. The first-order valence-corrected chi connectivity index (χ1v) is 21.0. The van der Waals surface area contributed by atoms with E-state index >= 15 is 0 Å². The summed E-state index contributed by atoms with van der Waals surface area (Å²) in [5.74, 6) is -0.224. The SMILES string of the molecule is CN1CCN([C@@H]2CCCN(c3cnc(C(N)=O)c(Nc4ccc(C5CC6CCCC(C5)N6C5Cc6ccc7c(C8CCC(=O)NC8=O)noc7c6C5)cc4)n3)C2)C1=O. The van der Waals surface area contributed by atoms with Gasteiger partial charge in [-0.3, -0.25) is 24.6 Å². The molecular weight excluding hydrogens is 737 g/mol. The monoisotopic (exact) mass is 786 g/mol. The van der Waals surface area contributed by atoms with Gasteiger partial charge < -0.3 is 30.3 Å². The number of piperidine rings is 4. The number of carbonyl (C=O) groups excluding carboxylic acids is 4. The van der Waals surface area contributed by atoms with Crippen LogP contribution in [0.3, 0.4) is 0 Å². The lowest BCUT2D eigenvalue weighted by Crippen LogP contribution is -2.56. The smallest absolute Gasteiger partial charge is 0.320 e. The Morgan fingerprint density at radius 1 is 0.914 bits per heavy atom. The second-order valence-electron chi connectivity index (χ2n) is 17.2. The van der Waals surface area contributed by atoms with Gasteiger partial charge in [-0.15, -0.1) is 0 Å². The summed E-state index contributed by atoms with van der Waals surface area (Å²) in [5.41, 5.74) is 11.9. The van der Waals surface area contributed by atoms with Gasteiger partial charge >= 0.3 is 6.03 Å². The van der Waals surface area contributed by atoms with Crippen molar-refractivity contribution in [2.24, 2.45) is 5.73 Å². The van der Waals surface area contributed by atoms with Gasteiger partial charge in [-0.1, -0.05) is 29.8 Å². The first kappa shape index (κ1) is 36.7. The molecule has 0 radical (unpaired) electrons. The van der Waals surface area contributed by atoms with Crippen LogP contribution >= 0.6 is 0 Å². The fourth-order valence-corrected chi connectivity index (χ4v) is 11.0. The van der Waals surface area contributed by atoms with E-state index in [2.05, 4.69) is 67.0 Å². The van der Waals surface area contributed by atoms with Gasteiger partial charge in [0.25, 0.3) is 5.91 Å². The van der Waals surface area contributed by atoms with Crippen molar-refractivity contribution in [2.45, 2.75) is 107 Å². The summed E-state index contributed by atoms with van der Waals surface area (Å²) in [5, 5.41) is 11.1. The topological polar surface area (TPSA) is 183 Å². The summed E-state index contributed by atoms with van der Waals surface area (Å²) in [6.07, 6.45) is 11.9. The number of benzene rings is 2. The van der Waals surface area contributed by atoms with Crippen molar-refractivity contribution >= 4 is 52.0 Å². The first-order valence-electron chi connectivity index (χ1n) is 21.0. The molecular formula is C43H50N10O5. The number of aromatic nitrogens is 3. The van der Waals surface area contributed by atoms with Crippen LogP contribution in [0.1, 0.15) is 102 Å². The number of hydrogen-bond donors (Lipinski definition) is 3. The number of amides is 5. The average molecular weight is 787 g/mol. The van der Waals surface area contributed by atoms with Crippen molar-refractivity contribution in [1.29, 1.82) is 0 Å². The van der Waals surface area contributed by atoms with Crippen LogP contribution in [0.15, 0.2) is 47.1 Å². The number of likely N-dealkylation sites (N-methyl/N-ethyl adjacent to an activating group) is 1. The zero-order valence-corrected chi connectivity index (χ0v) is 32.9. The Hall–Kier alpha value is -5.57. The third-order valence-corrected chi connectivity index (χ3v) is 13.8. The number of hydrogen-bond acceptors (Lipinski definition) is 11. The Kier molecular flexibility index (Phi) is 9.29. The fraction of sp³-hybridized carbons (Fsp3) is 0.512. The van der Waals surface area contributed by atoms with Gasteiger partial charge in [-0.05, 0) is 93.0 Å². The molecule has 5 amide bonds. The number of nitrogens with two attached hydrogens (primary N) is 1. The lowest BCUT2D eigenvalue weighted by molar-refractivity contribution is -0.134. The molecule has 4 aromatic rings. The Balaban J connectivity index is 0.815. The maximum atomic E-state index is 12.7. The van der Waals surface area contributed by atoms with Crippen LogP contribution < -0.4 is 21.3 Å². The molecule has 7 heterocycles. The molecule has 4 N–H and O–H groups in total. The molecule has 4 unspecified atom stereocenters. The Morgan fingerprint density at radius 3 is 2.45 bits per heavy atom. The van der Waals surface area contributed by atoms with Crippen LogP contribution in [0, 0.1) is 0 Å². The number of imide groups is 1. The Labute approximate surface area is 336 Å². The number of nitrogens with one attached hydrogen (secondary N) is 2. The molecule has 0 saturated carbocycles. The molecule has 5 fully saturated rings. The van der Waals surface area contributed by atoms with E-state index in [1.807, 2.05) is 11.9 Å². The molecule has 2 aromatic carbocycles. The molecule has 2 aromatic heterocycles. The minimum absolute atomic E-state index is 0.0695. The van der Waals surface area contributed by atoms with Gasteiger partial charge in [0.1, 0.15) is 11.5 Å². The first-order chi connectivity index (χ1) is 28.2. The van der Waals surface area contributed by atoms with E-state index in [4.69, 9.17) is 15.2 Å². The number of rotatable bonds is 8. The van der Waals surface area contributed by atoms with Gasteiger partial charge in [-0.25, -0.2) is 14.8 Å². The van der Waals surface area contributed by atoms with E-state index in [0.29, 0.717) is 60.8 Å². The predicted molar refractivity (Wildman–Crippen MR) is 216 cm³/mol. The fourth-order valence-electron chi connectivity index (χ4n) is 11.0. The lowest BCUT2D eigenvalue weighted by Gasteiger charge is -2.52. The quantitative estimate of drug-likeness (QED) is 0.213. The van der Waals surface area contributed by atoms with Gasteiger partial charge in [0.05, 0.1) is 18.2 Å². The van der Waals surface area contributed by atoms with E-state index in [9.17, 15) is 19.2 Å². The van der Waals surface area contributed by atoms with Crippen molar-refractivity contribution in [3.63, 3.8) is 0 Å². The third kappa shape index (κ3) is 6.52. The third-order valence-electron chi connectivity index (χ3n) is 13.8. The number of carbonyl (C=O) groups is 4. The highest BCUT2D eigenvalue weighted by atomic mass is 16.5. The Bertz CT molecular complexity index is 2280. The van der Waals surface area contributed by atoms with Gasteiger partial charge in [0, 0.05) is 74.4 Å². The Morgan fingerprint density at radius 2 is 1.71 bits per heavy atom. The largest absolute Gasteiger partial charge is 0.364 e. The summed E-state index contributed by atoms with van der Waals surface area (Å²) >= 11 is 0. The molecule has 15 heteroatoms. The summed E-state index contributed by atoms with van der Waals surface area (Å²) in [6, 6.07) is 14.3.